The lowest BCUT2D eigenvalue weighted by Crippen LogP contribution is -2.43. The highest BCUT2D eigenvalue weighted by molar-refractivity contribution is 4.77. The molecule has 0 aliphatic heterocycles. The fraction of sp³-hybridized carbons (Fsp3) is 1.00. The molecule has 0 saturated heterocycles. The van der Waals surface area contributed by atoms with Gasteiger partial charge in [-0.1, -0.05) is 48.5 Å². The standard InChI is InChI=1S/C15H34N2/c1-8-16-11-15(6,7)12-17(9-13(2)3)10-14(4)5/h13-14,16H,8-12H2,1-7H3. The normalized spacial score (nSPS) is 13.1. The summed E-state index contributed by atoms with van der Waals surface area (Å²) >= 11 is 0. The van der Waals surface area contributed by atoms with Crippen molar-refractivity contribution in [3.05, 3.63) is 0 Å². The zero-order valence-electron chi connectivity index (χ0n) is 13.1. The molecule has 2 heteroatoms. The van der Waals surface area contributed by atoms with E-state index in [2.05, 4.69) is 58.7 Å². The molecule has 0 aliphatic carbocycles. The van der Waals surface area contributed by atoms with E-state index in [9.17, 15) is 0 Å². The molecule has 17 heavy (non-hydrogen) atoms. The van der Waals surface area contributed by atoms with E-state index < -0.39 is 0 Å². The summed E-state index contributed by atoms with van der Waals surface area (Å²) in [5, 5.41) is 3.47. The Hall–Kier alpha value is -0.0800. The van der Waals surface area contributed by atoms with Crippen LogP contribution in [0.15, 0.2) is 0 Å². The quantitative estimate of drug-likeness (QED) is 0.668. The predicted molar refractivity (Wildman–Crippen MR) is 78.4 cm³/mol. The van der Waals surface area contributed by atoms with Gasteiger partial charge in [0.1, 0.15) is 0 Å². The topological polar surface area (TPSA) is 15.3 Å². The molecule has 104 valence electrons. The maximum absolute atomic E-state index is 3.47. The zero-order chi connectivity index (χ0) is 13.5. The lowest BCUT2D eigenvalue weighted by atomic mass is 9.92. The number of rotatable bonds is 9. The molecule has 0 bridgehead atoms. The van der Waals surface area contributed by atoms with Crippen LogP contribution in [0.2, 0.25) is 0 Å². The molecule has 1 N–H and O–H groups in total. The summed E-state index contributed by atoms with van der Waals surface area (Å²) in [7, 11) is 0. The Morgan fingerprint density at radius 2 is 1.47 bits per heavy atom. The number of hydrogen-bond acceptors (Lipinski definition) is 2. The molecule has 0 fully saturated rings. The Morgan fingerprint density at radius 1 is 1.00 bits per heavy atom. The highest BCUT2D eigenvalue weighted by atomic mass is 15.1. The second kappa shape index (κ2) is 8.10. The molecular formula is C15H34N2. The highest BCUT2D eigenvalue weighted by Gasteiger charge is 2.22. The first kappa shape index (κ1) is 16.9. The van der Waals surface area contributed by atoms with Crippen molar-refractivity contribution in [2.24, 2.45) is 17.3 Å². The van der Waals surface area contributed by atoms with Crippen molar-refractivity contribution < 1.29 is 0 Å². The van der Waals surface area contributed by atoms with Gasteiger partial charge in [0.2, 0.25) is 0 Å². The maximum Gasteiger partial charge on any atom is 0.00451 e. The molecule has 0 unspecified atom stereocenters. The number of nitrogens with one attached hydrogen (secondary N) is 1. The summed E-state index contributed by atoms with van der Waals surface area (Å²) in [4.78, 5) is 2.63. The first-order valence-electron chi connectivity index (χ1n) is 7.20. The number of hydrogen-bond donors (Lipinski definition) is 1. The van der Waals surface area contributed by atoms with E-state index in [4.69, 9.17) is 0 Å². The Labute approximate surface area is 109 Å². The molecule has 2 nitrogen and oxygen atoms in total. The van der Waals surface area contributed by atoms with Crippen LogP contribution in [-0.4, -0.2) is 37.6 Å². The van der Waals surface area contributed by atoms with E-state index in [-0.39, 0.29) is 0 Å². The molecule has 0 aromatic heterocycles. The van der Waals surface area contributed by atoms with Crippen LogP contribution in [0.5, 0.6) is 0 Å². The van der Waals surface area contributed by atoms with Crippen molar-refractivity contribution in [1.29, 1.82) is 0 Å². The van der Waals surface area contributed by atoms with Gasteiger partial charge in [0.05, 0.1) is 0 Å². The van der Waals surface area contributed by atoms with Gasteiger partial charge in [0.15, 0.2) is 0 Å². The van der Waals surface area contributed by atoms with Gasteiger partial charge in [0, 0.05) is 26.2 Å². The summed E-state index contributed by atoms with van der Waals surface area (Å²) in [6.07, 6.45) is 0. The van der Waals surface area contributed by atoms with Crippen LogP contribution < -0.4 is 5.32 Å². The molecule has 0 rings (SSSR count). The molecular weight excluding hydrogens is 208 g/mol. The van der Waals surface area contributed by atoms with E-state index in [1.165, 1.54) is 19.6 Å². The van der Waals surface area contributed by atoms with Crippen molar-refractivity contribution in [1.82, 2.24) is 10.2 Å². The third kappa shape index (κ3) is 9.61. The van der Waals surface area contributed by atoms with E-state index in [1.807, 2.05) is 0 Å². The average molecular weight is 242 g/mol. The molecule has 0 atom stereocenters. The van der Waals surface area contributed by atoms with Crippen LogP contribution in [0.25, 0.3) is 0 Å². The van der Waals surface area contributed by atoms with Gasteiger partial charge in [-0.05, 0) is 23.8 Å². The Balaban J connectivity index is 4.28. The smallest absolute Gasteiger partial charge is 0.00451 e. The van der Waals surface area contributed by atoms with Gasteiger partial charge in [-0.3, -0.25) is 0 Å². The van der Waals surface area contributed by atoms with E-state index in [0.717, 1.165) is 24.9 Å². The Bertz CT molecular complexity index is 175. The second-order valence-corrected chi connectivity index (χ2v) is 6.93. The van der Waals surface area contributed by atoms with Crippen LogP contribution >= 0.6 is 0 Å². The molecule has 0 radical (unpaired) electrons. The van der Waals surface area contributed by atoms with Crippen molar-refractivity contribution >= 4 is 0 Å². The summed E-state index contributed by atoms with van der Waals surface area (Å²) in [6, 6.07) is 0. The van der Waals surface area contributed by atoms with Crippen LogP contribution in [0.3, 0.4) is 0 Å². The van der Waals surface area contributed by atoms with Gasteiger partial charge in [-0.15, -0.1) is 0 Å². The van der Waals surface area contributed by atoms with Crippen molar-refractivity contribution in [2.45, 2.75) is 48.5 Å². The molecule has 0 saturated carbocycles. The maximum atomic E-state index is 3.47. The fourth-order valence-corrected chi connectivity index (χ4v) is 2.36. The van der Waals surface area contributed by atoms with E-state index in [1.54, 1.807) is 0 Å². The van der Waals surface area contributed by atoms with Gasteiger partial charge in [0.25, 0.3) is 0 Å². The summed E-state index contributed by atoms with van der Waals surface area (Å²) < 4.78 is 0. The first-order valence-corrected chi connectivity index (χ1v) is 7.20. The van der Waals surface area contributed by atoms with Crippen molar-refractivity contribution in [3.63, 3.8) is 0 Å². The predicted octanol–water partition coefficient (Wildman–Crippen LogP) is 3.24. The van der Waals surface area contributed by atoms with Crippen LogP contribution in [0.4, 0.5) is 0 Å². The van der Waals surface area contributed by atoms with Crippen molar-refractivity contribution in [2.75, 3.05) is 32.7 Å². The van der Waals surface area contributed by atoms with E-state index >= 15 is 0 Å². The van der Waals surface area contributed by atoms with Crippen molar-refractivity contribution in [3.8, 4) is 0 Å². The summed E-state index contributed by atoms with van der Waals surface area (Å²) in [6.45, 7) is 21.9. The minimum Gasteiger partial charge on any atom is -0.316 e. The first-order chi connectivity index (χ1) is 7.76. The van der Waals surface area contributed by atoms with Crippen LogP contribution in [0.1, 0.15) is 48.5 Å². The highest BCUT2D eigenvalue weighted by Crippen LogP contribution is 2.17. The average Bonchev–Trinajstić information content (AvgIpc) is 2.11. The molecule has 0 heterocycles. The lowest BCUT2D eigenvalue weighted by molar-refractivity contribution is 0.146. The third-order valence-electron chi connectivity index (χ3n) is 2.75. The molecule has 0 amide bonds. The summed E-state index contributed by atoms with van der Waals surface area (Å²) in [5.41, 5.74) is 0.361. The molecule has 0 aromatic rings. The van der Waals surface area contributed by atoms with Crippen LogP contribution in [-0.2, 0) is 0 Å². The largest absolute Gasteiger partial charge is 0.316 e. The Kier molecular flexibility index (Phi) is 8.06. The van der Waals surface area contributed by atoms with Gasteiger partial charge in [-0.2, -0.15) is 0 Å². The third-order valence-corrected chi connectivity index (χ3v) is 2.75. The number of nitrogens with zero attached hydrogens (tertiary/aromatic N) is 1. The zero-order valence-corrected chi connectivity index (χ0v) is 13.1. The van der Waals surface area contributed by atoms with Crippen LogP contribution in [0, 0.1) is 17.3 Å². The molecule has 0 aromatic carbocycles. The molecule has 0 aliphatic rings. The lowest BCUT2D eigenvalue weighted by Gasteiger charge is -2.35. The SMILES string of the molecule is CCNCC(C)(C)CN(CC(C)C)CC(C)C. The minimum absolute atomic E-state index is 0.361. The van der Waals surface area contributed by atoms with Gasteiger partial charge < -0.3 is 10.2 Å². The van der Waals surface area contributed by atoms with Gasteiger partial charge in [-0.25, -0.2) is 0 Å². The monoisotopic (exact) mass is 242 g/mol. The second-order valence-electron chi connectivity index (χ2n) is 6.93. The summed E-state index contributed by atoms with van der Waals surface area (Å²) in [5.74, 6) is 1.51. The van der Waals surface area contributed by atoms with E-state index in [0.29, 0.717) is 5.41 Å². The molecule has 0 spiro atoms. The fourth-order valence-electron chi connectivity index (χ4n) is 2.36. The Morgan fingerprint density at radius 3 is 1.82 bits per heavy atom. The minimum atomic E-state index is 0.361. The van der Waals surface area contributed by atoms with Gasteiger partial charge >= 0.3 is 0 Å².